The number of carbonyl (C=O) groups is 1. The summed E-state index contributed by atoms with van der Waals surface area (Å²) in [6, 6.07) is 5.77. The summed E-state index contributed by atoms with van der Waals surface area (Å²) in [5.41, 5.74) is 2.72. The maximum absolute atomic E-state index is 11.8. The quantitative estimate of drug-likeness (QED) is 0.735. The second kappa shape index (κ2) is 5.21. The number of hydrogen-bond acceptors (Lipinski definition) is 2. The van der Waals surface area contributed by atoms with Crippen LogP contribution in [0.2, 0.25) is 0 Å². The van der Waals surface area contributed by atoms with E-state index in [1.165, 1.54) is 0 Å². The van der Waals surface area contributed by atoms with Crippen molar-refractivity contribution < 1.29 is 9.00 Å². The Morgan fingerprint density at radius 1 is 1.33 bits per heavy atom. The molecular formula is C12H16O2S. The lowest BCUT2D eigenvalue weighted by Crippen LogP contribution is -2.13. The van der Waals surface area contributed by atoms with Gasteiger partial charge in [0.05, 0.1) is 5.75 Å². The van der Waals surface area contributed by atoms with Crippen LogP contribution >= 0.6 is 0 Å². The van der Waals surface area contributed by atoms with Gasteiger partial charge in [0.2, 0.25) is 0 Å². The summed E-state index contributed by atoms with van der Waals surface area (Å²) in [4.78, 5) is 11.8. The average Bonchev–Trinajstić information content (AvgIpc) is 2.21. The monoisotopic (exact) mass is 224 g/mol. The van der Waals surface area contributed by atoms with E-state index in [0.29, 0.717) is 11.3 Å². The Hall–Kier alpha value is -0.960. The molecule has 15 heavy (non-hydrogen) atoms. The number of Topliss-reactive ketones (excluding diaryl/α,β-unsaturated/α-hetero) is 1. The Kier molecular flexibility index (Phi) is 4.21. The van der Waals surface area contributed by atoms with E-state index in [1.54, 1.807) is 0 Å². The maximum Gasteiger partial charge on any atom is 0.175 e. The van der Waals surface area contributed by atoms with Crippen LogP contribution < -0.4 is 0 Å². The van der Waals surface area contributed by atoms with E-state index >= 15 is 0 Å². The Morgan fingerprint density at radius 2 is 2.00 bits per heavy atom. The standard InChI is InChI=1S/C12H16O2S/c1-4-15(14)8-12(13)11-7-9(2)5-6-10(11)3/h5-7H,4,8H2,1-3H3. The maximum atomic E-state index is 11.8. The molecule has 0 spiro atoms. The largest absolute Gasteiger partial charge is 0.293 e. The third-order valence-electron chi connectivity index (χ3n) is 2.31. The number of carbonyl (C=O) groups excluding carboxylic acids is 1. The molecular weight excluding hydrogens is 208 g/mol. The third kappa shape index (κ3) is 3.27. The van der Waals surface area contributed by atoms with Gasteiger partial charge in [-0.1, -0.05) is 24.6 Å². The third-order valence-corrected chi connectivity index (χ3v) is 3.54. The van der Waals surface area contributed by atoms with Crippen LogP contribution in [-0.2, 0) is 10.8 Å². The molecule has 0 aliphatic rings. The number of ketones is 1. The summed E-state index contributed by atoms with van der Waals surface area (Å²) in [5, 5.41) is 0. The van der Waals surface area contributed by atoms with Crippen LogP contribution in [-0.4, -0.2) is 21.5 Å². The molecule has 0 saturated heterocycles. The van der Waals surface area contributed by atoms with Crippen LogP contribution in [0, 0.1) is 13.8 Å². The Bertz CT molecular complexity index is 397. The number of hydrogen-bond donors (Lipinski definition) is 0. The number of rotatable bonds is 4. The van der Waals surface area contributed by atoms with Crippen molar-refractivity contribution in [3.8, 4) is 0 Å². The van der Waals surface area contributed by atoms with Gasteiger partial charge in [0, 0.05) is 22.1 Å². The second-order valence-corrected chi connectivity index (χ2v) is 5.36. The van der Waals surface area contributed by atoms with Gasteiger partial charge in [-0.2, -0.15) is 0 Å². The average molecular weight is 224 g/mol. The summed E-state index contributed by atoms with van der Waals surface area (Å²) < 4.78 is 11.3. The van der Waals surface area contributed by atoms with Gasteiger partial charge in [-0.05, 0) is 25.5 Å². The van der Waals surface area contributed by atoms with Gasteiger partial charge in [0.1, 0.15) is 0 Å². The first-order valence-electron chi connectivity index (χ1n) is 5.00. The van der Waals surface area contributed by atoms with Gasteiger partial charge >= 0.3 is 0 Å². The molecule has 0 N–H and O–H groups in total. The second-order valence-electron chi connectivity index (χ2n) is 3.61. The Morgan fingerprint density at radius 3 is 2.60 bits per heavy atom. The summed E-state index contributed by atoms with van der Waals surface area (Å²) in [6.07, 6.45) is 0. The molecule has 0 radical (unpaired) electrons. The highest BCUT2D eigenvalue weighted by Crippen LogP contribution is 2.11. The van der Waals surface area contributed by atoms with Gasteiger partial charge in [0.25, 0.3) is 0 Å². The van der Waals surface area contributed by atoms with E-state index in [4.69, 9.17) is 0 Å². The van der Waals surface area contributed by atoms with Gasteiger partial charge in [-0.3, -0.25) is 9.00 Å². The normalized spacial score (nSPS) is 12.5. The van der Waals surface area contributed by atoms with Crippen LogP contribution in [0.15, 0.2) is 18.2 Å². The molecule has 0 aliphatic heterocycles. The fourth-order valence-corrected chi connectivity index (χ4v) is 2.01. The van der Waals surface area contributed by atoms with Crippen molar-refractivity contribution in [1.82, 2.24) is 0 Å². The first-order chi connectivity index (χ1) is 7.04. The topological polar surface area (TPSA) is 34.1 Å². The molecule has 3 heteroatoms. The first-order valence-corrected chi connectivity index (χ1v) is 6.48. The van der Waals surface area contributed by atoms with Crippen molar-refractivity contribution in [2.45, 2.75) is 20.8 Å². The van der Waals surface area contributed by atoms with Gasteiger partial charge < -0.3 is 0 Å². The van der Waals surface area contributed by atoms with Crippen LogP contribution in [0.4, 0.5) is 0 Å². The minimum absolute atomic E-state index is 0.0172. The summed E-state index contributed by atoms with van der Waals surface area (Å²) in [5.74, 6) is 0.661. The lowest BCUT2D eigenvalue weighted by atomic mass is 10.0. The van der Waals surface area contributed by atoms with Crippen LogP contribution in [0.3, 0.4) is 0 Å². The van der Waals surface area contributed by atoms with Crippen molar-refractivity contribution in [3.63, 3.8) is 0 Å². The Balaban J connectivity index is 2.91. The SMILES string of the molecule is CCS(=O)CC(=O)c1cc(C)ccc1C. The van der Waals surface area contributed by atoms with Crippen molar-refractivity contribution >= 4 is 16.6 Å². The fraction of sp³-hybridized carbons (Fsp3) is 0.417. The van der Waals surface area contributed by atoms with Crippen LogP contribution in [0.5, 0.6) is 0 Å². The Labute approximate surface area is 93.2 Å². The van der Waals surface area contributed by atoms with Gasteiger partial charge in [-0.15, -0.1) is 0 Å². The smallest absolute Gasteiger partial charge is 0.175 e. The molecule has 0 heterocycles. The molecule has 0 aliphatic carbocycles. The predicted octanol–water partition coefficient (Wildman–Crippen LogP) is 2.25. The van der Waals surface area contributed by atoms with Gasteiger partial charge in [0.15, 0.2) is 5.78 Å². The highest BCUT2D eigenvalue weighted by atomic mass is 32.2. The summed E-state index contributed by atoms with van der Waals surface area (Å²) in [6.45, 7) is 5.68. The van der Waals surface area contributed by atoms with E-state index in [1.807, 2.05) is 39.0 Å². The zero-order chi connectivity index (χ0) is 11.4. The predicted molar refractivity (Wildman–Crippen MR) is 63.8 cm³/mol. The van der Waals surface area contributed by atoms with Crippen molar-refractivity contribution in [2.24, 2.45) is 0 Å². The molecule has 0 bridgehead atoms. The lowest BCUT2D eigenvalue weighted by molar-refractivity contribution is 0.102. The van der Waals surface area contributed by atoms with E-state index in [-0.39, 0.29) is 11.5 Å². The molecule has 1 atom stereocenters. The van der Waals surface area contributed by atoms with E-state index in [2.05, 4.69) is 0 Å². The zero-order valence-corrected chi connectivity index (χ0v) is 10.2. The first kappa shape index (κ1) is 12.1. The molecule has 82 valence electrons. The molecule has 1 rings (SSSR count). The van der Waals surface area contributed by atoms with Crippen LogP contribution in [0.25, 0.3) is 0 Å². The van der Waals surface area contributed by atoms with E-state index < -0.39 is 10.8 Å². The molecule has 0 saturated carbocycles. The van der Waals surface area contributed by atoms with Crippen molar-refractivity contribution in [2.75, 3.05) is 11.5 Å². The van der Waals surface area contributed by atoms with Gasteiger partial charge in [-0.25, -0.2) is 0 Å². The molecule has 2 nitrogen and oxygen atoms in total. The molecule has 1 unspecified atom stereocenters. The van der Waals surface area contributed by atoms with E-state index in [9.17, 15) is 9.00 Å². The molecule has 1 aromatic rings. The molecule has 0 amide bonds. The summed E-state index contributed by atoms with van der Waals surface area (Å²) in [7, 11) is -1.02. The number of benzene rings is 1. The lowest BCUT2D eigenvalue weighted by Gasteiger charge is -2.05. The minimum atomic E-state index is -1.02. The number of aryl methyl sites for hydroxylation is 2. The molecule has 1 aromatic carbocycles. The highest BCUT2D eigenvalue weighted by Gasteiger charge is 2.11. The minimum Gasteiger partial charge on any atom is -0.293 e. The summed E-state index contributed by atoms with van der Waals surface area (Å²) >= 11 is 0. The molecule has 0 aromatic heterocycles. The van der Waals surface area contributed by atoms with Crippen molar-refractivity contribution in [3.05, 3.63) is 34.9 Å². The van der Waals surface area contributed by atoms with E-state index in [0.717, 1.165) is 11.1 Å². The van der Waals surface area contributed by atoms with Crippen molar-refractivity contribution in [1.29, 1.82) is 0 Å². The fourth-order valence-electron chi connectivity index (χ4n) is 1.36. The van der Waals surface area contributed by atoms with Crippen LogP contribution in [0.1, 0.15) is 28.4 Å². The molecule has 0 fully saturated rings. The highest BCUT2D eigenvalue weighted by molar-refractivity contribution is 7.85. The zero-order valence-electron chi connectivity index (χ0n) is 9.37.